The number of benzene rings is 1. The quantitative estimate of drug-likeness (QED) is 0.292. The number of thiol groups is 1. The standard InChI is InChI=1S/C6H7O2S.Li/c7-9(8)6-4-2-1-3-5-6;/h1-5,9H,(H,7,8);/q-1;+1. The third kappa shape index (κ3) is 2.67. The van der Waals surface area contributed by atoms with Crippen molar-refractivity contribution in [2.75, 3.05) is 0 Å². The van der Waals surface area contributed by atoms with Crippen LogP contribution in [0.3, 0.4) is 0 Å². The van der Waals surface area contributed by atoms with E-state index in [0.29, 0.717) is 4.90 Å². The molecular formula is C6H7LiO2S. The summed E-state index contributed by atoms with van der Waals surface area (Å²) in [5.74, 6) is 0. The van der Waals surface area contributed by atoms with Crippen molar-refractivity contribution in [3.63, 3.8) is 0 Å². The first kappa shape index (κ1) is 9.93. The molecule has 1 N–H and O–H groups in total. The minimum atomic E-state index is -2.15. The maximum Gasteiger partial charge on any atom is 1.00 e. The van der Waals surface area contributed by atoms with Crippen LogP contribution in [0.1, 0.15) is 0 Å². The molecule has 0 radical (unpaired) electrons. The van der Waals surface area contributed by atoms with E-state index < -0.39 is 11.1 Å². The van der Waals surface area contributed by atoms with Crippen LogP contribution in [-0.4, -0.2) is 4.55 Å². The number of hydrogen-bond donors (Lipinski definition) is 1. The Morgan fingerprint density at radius 3 is 2.00 bits per heavy atom. The number of rotatable bonds is 1. The van der Waals surface area contributed by atoms with Gasteiger partial charge in [0, 0.05) is 0 Å². The fraction of sp³-hybridized carbons (Fsp3) is 0. The minimum absolute atomic E-state index is 0. The van der Waals surface area contributed by atoms with Crippen LogP contribution in [0.4, 0.5) is 0 Å². The zero-order valence-electron chi connectivity index (χ0n) is 5.69. The van der Waals surface area contributed by atoms with Crippen LogP contribution >= 0.6 is 0 Å². The van der Waals surface area contributed by atoms with Gasteiger partial charge in [-0.05, 0) is 0 Å². The summed E-state index contributed by atoms with van der Waals surface area (Å²) in [5.41, 5.74) is 0. The van der Waals surface area contributed by atoms with Crippen molar-refractivity contribution in [1.29, 1.82) is 0 Å². The van der Waals surface area contributed by atoms with Crippen molar-refractivity contribution < 1.29 is 27.6 Å². The number of hydrogen-bond acceptors (Lipinski definition) is 2. The van der Waals surface area contributed by atoms with E-state index >= 15 is 0 Å². The van der Waals surface area contributed by atoms with Crippen molar-refractivity contribution >= 4 is 11.1 Å². The Labute approximate surface area is 74.1 Å². The molecule has 0 aromatic heterocycles. The molecule has 0 fully saturated rings. The molecule has 0 saturated carbocycles. The second kappa shape index (κ2) is 4.70. The van der Waals surface area contributed by atoms with Crippen LogP contribution in [0, 0.1) is 0 Å². The van der Waals surface area contributed by atoms with Crippen LogP contribution in [-0.2, 0) is 15.3 Å². The molecule has 1 aromatic carbocycles. The maximum atomic E-state index is 10.3. The first-order valence-corrected chi connectivity index (χ1v) is 3.73. The van der Waals surface area contributed by atoms with Gasteiger partial charge in [-0.2, -0.15) is 0 Å². The van der Waals surface area contributed by atoms with Crippen molar-refractivity contribution in [3.8, 4) is 0 Å². The Hall–Kier alpha value is -0.0726. The molecule has 1 atom stereocenters. The van der Waals surface area contributed by atoms with E-state index in [4.69, 9.17) is 4.55 Å². The molecule has 10 heavy (non-hydrogen) atoms. The van der Waals surface area contributed by atoms with Crippen LogP contribution in [0.25, 0.3) is 0 Å². The van der Waals surface area contributed by atoms with Crippen molar-refractivity contribution in [3.05, 3.63) is 30.3 Å². The molecule has 1 aromatic rings. The summed E-state index contributed by atoms with van der Waals surface area (Å²) in [6.45, 7) is 0. The summed E-state index contributed by atoms with van der Waals surface area (Å²) in [6, 6.07) is 8.53. The van der Waals surface area contributed by atoms with Gasteiger partial charge in [-0.25, -0.2) is 0 Å². The van der Waals surface area contributed by atoms with Gasteiger partial charge in [0.25, 0.3) is 0 Å². The first-order valence-electron chi connectivity index (χ1n) is 2.52. The van der Waals surface area contributed by atoms with Gasteiger partial charge in [0.05, 0.1) is 0 Å². The zero-order chi connectivity index (χ0) is 6.69. The van der Waals surface area contributed by atoms with E-state index in [0.717, 1.165) is 0 Å². The summed E-state index contributed by atoms with van der Waals surface area (Å²) < 4.78 is 18.9. The van der Waals surface area contributed by atoms with Gasteiger partial charge in [-0.15, -0.1) is 0 Å². The summed E-state index contributed by atoms with van der Waals surface area (Å²) in [6.07, 6.45) is 0. The average molecular weight is 150 g/mol. The normalized spacial score (nSPS) is 13.5. The molecule has 1 rings (SSSR count). The molecule has 0 amide bonds. The molecule has 0 aliphatic carbocycles. The summed E-state index contributed by atoms with van der Waals surface area (Å²) in [5, 5.41) is 0. The fourth-order valence-corrected chi connectivity index (χ4v) is 0.983. The predicted molar refractivity (Wildman–Crippen MR) is 36.8 cm³/mol. The molecule has 0 aliphatic rings. The molecule has 4 heteroatoms. The smallest absolute Gasteiger partial charge is 0.429 e. The average Bonchev–Trinajstić information content (AvgIpc) is 1.90. The zero-order valence-corrected chi connectivity index (χ0v) is 6.58. The van der Waals surface area contributed by atoms with Crippen LogP contribution in [0.2, 0.25) is 0 Å². The van der Waals surface area contributed by atoms with Crippen LogP contribution in [0.5, 0.6) is 0 Å². The van der Waals surface area contributed by atoms with Crippen molar-refractivity contribution in [2.24, 2.45) is 0 Å². The SMILES string of the molecule is O=[SH-](O)c1ccccc1.[Li+]. The van der Waals surface area contributed by atoms with E-state index in [1.54, 1.807) is 24.3 Å². The first-order chi connectivity index (χ1) is 4.30. The third-order valence-corrected chi connectivity index (χ3v) is 1.72. The van der Waals surface area contributed by atoms with E-state index in [1.807, 2.05) is 6.07 Å². The molecule has 0 bridgehead atoms. The summed E-state index contributed by atoms with van der Waals surface area (Å²) in [4.78, 5) is 0.479. The topological polar surface area (TPSA) is 37.3 Å². The van der Waals surface area contributed by atoms with E-state index in [-0.39, 0.29) is 18.9 Å². The van der Waals surface area contributed by atoms with Crippen LogP contribution in [0.15, 0.2) is 35.2 Å². The van der Waals surface area contributed by atoms with Crippen molar-refractivity contribution in [2.45, 2.75) is 4.90 Å². The van der Waals surface area contributed by atoms with Gasteiger partial charge >= 0.3 is 18.9 Å². The van der Waals surface area contributed by atoms with Gasteiger partial charge in [0.1, 0.15) is 0 Å². The molecule has 0 spiro atoms. The van der Waals surface area contributed by atoms with Gasteiger partial charge in [0.2, 0.25) is 0 Å². The van der Waals surface area contributed by atoms with Gasteiger partial charge in [0.15, 0.2) is 0 Å². The molecule has 50 valence electrons. The molecule has 1 unspecified atom stereocenters. The van der Waals surface area contributed by atoms with Crippen molar-refractivity contribution in [1.82, 2.24) is 0 Å². The second-order valence-electron chi connectivity index (χ2n) is 1.61. The molecule has 2 nitrogen and oxygen atoms in total. The molecule has 0 saturated heterocycles. The Bertz CT molecular complexity index is 212. The van der Waals surface area contributed by atoms with Gasteiger partial charge in [-0.3, -0.25) is 11.1 Å². The monoisotopic (exact) mass is 150 g/mol. The predicted octanol–water partition coefficient (Wildman–Crippen LogP) is -1.78. The fourth-order valence-electron chi connectivity index (χ4n) is 0.556. The largest absolute Gasteiger partial charge is 1.00 e. The summed E-state index contributed by atoms with van der Waals surface area (Å²) in [7, 11) is 0. The Morgan fingerprint density at radius 2 is 1.70 bits per heavy atom. The molecule has 0 aliphatic heterocycles. The Morgan fingerprint density at radius 1 is 1.20 bits per heavy atom. The minimum Gasteiger partial charge on any atom is -0.429 e. The van der Waals surface area contributed by atoms with Gasteiger partial charge < -0.3 is 8.76 Å². The van der Waals surface area contributed by atoms with E-state index in [1.165, 1.54) is 0 Å². The Balaban J connectivity index is 0.000000810. The Kier molecular flexibility index (Phi) is 4.66. The third-order valence-electron chi connectivity index (χ3n) is 0.977. The van der Waals surface area contributed by atoms with E-state index in [2.05, 4.69) is 0 Å². The second-order valence-corrected chi connectivity index (χ2v) is 2.67. The molecular weight excluding hydrogens is 143 g/mol. The maximum absolute atomic E-state index is 10.3. The summed E-state index contributed by atoms with van der Waals surface area (Å²) >= 11 is -2.15. The molecule has 0 heterocycles. The van der Waals surface area contributed by atoms with Crippen LogP contribution < -0.4 is 18.9 Å². The van der Waals surface area contributed by atoms with Gasteiger partial charge in [-0.1, -0.05) is 35.2 Å². The van der Waals surface area contributed by atoms with E-state index in [9.17, 15) is 4.21 Å².